The molecule has 0 unspecified atom stereocenters. The largest absolute Gasteiger partial charge is 0.372 e. The van der Waals surface area contributed by atoms with Crippen LogP contribution in [0.3, 0.4) is 0 Å². The molecule has 1 aromatic heterocycles. The van der Waals surface area contributed by atoms with Crippen LogP contribution in [0.15, 0.2) is 55.1 Å². The van der Waals surface area contributed by atoms with Crippen molar-refractivity contribution in [2.45, 2.75) is 26.7 Å². The van der Waals surface area contributed by atoms with Gasteiger partial charge < -0.3 is 10.6 Å². The van der Waals surface area contributed by atoms with E-state index in [2.05, 4.69) is 61.4 Å². The maximum Gasteiger partial charge on any atom is 0.189 e. The lowest BCUT2D eigenvalue weighted by atomic mass is 10.0. The first-order valence-electron chi connectivity index (χ1n) is 8.98. The number of nitrogens with one attached hydrogen (secondary N) is 2. The maximum absolute atomic E-state index is 4.72. The summed E-state index contributed by atoms with van der Waals surface area (Å²) in [6, 6.07) is 16.8. The SMILES string of the molecule is C=C(c1ccccc1)c1sc(Nc2ccc(CC)cc2CC)nc1NC. The minimum absolute atomic E-state index is 0.856. The molecule has 0 bridgehead atoms. The van der Waals surface area contributed by atoms with Crippen molar-refractivity contribution in [3.05, 3.63) is 76.7 Å². The first-order chi connectivity index (χ1) is 12.7. The minimum Gasteiger partial charge on any atom is -0.372 e. The summed E-state index contributed by atoms with van der Waals surface area (Å²) in [6.07, 6.45) is 2.04. The van der Waals surface area contributed by atoms with Crippen molar-refractivity contribution >= 4 is 33.5 Å². The second-order valence-corrected chi connectivity index (χ2v) is 7.11. The van der Waals surface area contributed by atoms with E-state index >= 15 is 0 Å². The quantitative estimate of drug-likeness (QED) is 0.531. The second kappa shape index (κ2) is 8.19. The number of nitrogens with zero attached hydrogens (tertiary/aromatic N) is 1. The van der Waals surface area contributed by atoms with Gasteiger partial charge >= 0.3 is 0 Å². The molecule has 0 aliphatic rings. The van der Waals surface area contributed by atoms with E-state index in [0.717, 1.165) is 45.5 Å². The molecule has 3 nitrogen and oxygen atoms in total. The Kier molecular flexibility index (Phi) is 5.74. The standard InChI is InChI=1S/C22H25N3S/c1-5-16-12-13-19(17(6-2)14-16)24-22-25-21(23-4)20(26-22)15(3)18-10-8-7-9-11-18/h7-14,23H,3,5-6H2,1-2,4H3,(H,24,25). The highest BCUT2D eigenvalue weighted by Gasteiger charge is 2.15. The summed E-state index contributed by atoms with van der Waals surface area (Å²) in [6.45, 7) is 8.65. The van der Waals surface area contributed by atoms with E-state index in [-0.39, 0.29) is 0 Å². The Morgan fingerprint density at radius 2 is 1.85 bits per heavy atom. The van der Waals surface area contributed by atoms with Crippen LogP contribution in [0.25, 0.3) is 5.57 Å². The van der Waals surface area contributed by atoms with Gasteiger partial charge in [0.25, 0.3) is 0 Å². The molecule has 0 fully saturated rings. The third-order valence-corrected chi connectivity index (χ3v) is 5.49. The Morgan fingerprint density at radius 3 is 2.50 bits per heavy atom. The topological polar surface area (TPSA) is 37.0 Å². The molecule has 134 valence electrons. The number of hydrogen-bond acceptors (Lipinski definition) is 4. The third-order valence-electron chi connectivity index (χ3n) is 4.46. The lowest BCUT2D eigenvalue weighted by Crippen LogP contribution is -1.97. The molecule has 26 heavy (non-hydrogen) atoms. The number of aromatic nitrogens is 1. The van der Waals surface area contributed by atoms with Gasteiger partial charge in [-0.3, -0.25) is 0 Å². The van der Waals surface area contributed by atoms with Crippen LogP contribution in [0.1, 0.15) is 35.4 Å². The Balaban J connectivity index is 1.91. The molecule has 0 atom stereocenters. The molecule has 3 aromatic rings. The first kappa shape index (κ1) is 18.2. The minimum atomic E-state index is 0.856. The van der Waals surface area contributed by atoms with Crippen LogP contribution in [0.4, 0.5) is 16.6 Å². The fourth-order valence-corrected chi connectivity index (χ4v) is 3.89. The lowest BCUT2D eigenvalue weighted by molar-refractivity contribution is 1.09. The monoisotopic (exact) mass is 363 g/mol. The summed E-state index contributed by atoms with van der Waals surface area (Å²) in [5, 5.41) is 7.58. The van der Waals surface area contributed by atoms with Crippen LogP contribution in [0, 0.1) is 0 Å². The number of hydrogen-bond donors (Lipinski definition) is 2. The van der Waals surface area contributed by atoms with E-state index in [0.29, 0.717) is 0 Å². The van der Waals surface area contributed by atoms with E-state index < -0.39 is 0 Å². The molecule has 0 amide bonds. The molecular weight excluding hydrogens is 338 g/mol. The Hall–Kier alpha value is -2.59. The first-order valence-corrected chi connectivity index (χ1v) is 9.80. The number of rotatable bonds is 7. The fraction of sp³-hybridized carbons (Fsp3) is 0.227. The van der Waals surface area contributed by atoms with Gasteiger partial charge in [0, 0.05) is 12.7 Å². The summed E-state index contributed by atoms with van der Waals surface area (Å²) in [5.74, 6) is 0.856. The van der Waals surface area contributed by atoms with E-state index in [1.807, 2.05) is 25.2 Å². The van der Waals surface area contributed by atoms with E-state index in [9.17, 15) is 0 Å². The van der Waals surface area contributed by atoms with Gasteiger partial charge in [0.05, 0.1) is 4.88 Å². The highest BCUT2D eigenvalue weighted by Crippen LogP contribution is 2.37. The molecule has 1 heterocycles. The van der Waals surface area contributed by atoms with Crippen molar-refractivity contribution in [2.24, 2.45) is 0 Å². The highest BCUT2D eigenvalue weighted by molar-refractivity contribution is 7.17. The molecule has 2 N–H and O–H groups in total. The van der Waals surface area contributed by atoms with Gasteiger partial charge in [-0.25, -0.2) is 4.98 Å². The molecule has 0 spiro atoms. The zero-order valence-electron chi connectivity index (χ0n) is 15.6. The summed E-state index contributed by atoms with van der Waals surface area (Å²) in [5.41, 5.74) is 5.89. The Labute approximate surface area is 159 Å². The van der Waals surface area contributed by atoms with Gasteiger partial charge in [0.1, 0.15) is 5.82 Å². The van der Waals surface area contributed by atoms with Crippen LogP contribution >= 0.6 is 11.3 Å². The summed E-state index contributed by atoms with van der Waals surface area (Å²) >= 11 is 1.63. The molecule has 2 aromatic carbocycles. The van der Waals surface area contributed by atoms with Crippen LogP contribution in [0.2, 0.25) is 0 Å². The van der Waals surface area contributed by atoms with Crippen LogP contribution in [-0.4, -0.2) is 12.0 Å². The summed E-state index contributed by atoms with van der Waals surface area (Å²) < 4.78 is 0. The number of aryl methyl sites for hydroxylation is 2. The molecule has 0 aliphatic carbocycles. The van der Waals surface area contributed by atoms with Crippen molar-refractivity contribution < 1.29 is 0 Å². The normalized spacial score (nSPS) is 10.6. The van der Waals surface area contributed by atoms with Gasteiger partial charge in [0.2, 0.25) is 0 Å². The predicted octanol–water partition coefficient (Wildman–Crippen LogP) is 6.11. The maximum atomic E-state index is 4.72. The number of anilines is 3. The van der Waals surface area contributed by atoms with Crippen molar-refractivity contribution in [2.75, 3.05) is 17.7 Å². The molecular formula is C22H25N3S. The van der Waals surface area contributed by atoms with Gasteiger partial charge in [-0.15, -0.1) is 0 Å². The third kappa shape index (κ3) is 3.81. The van der Waals surface area contributed by atoms with Crippen molar-refractivity contribution in [3.63, 3.8) is 0 Å². The van der Waals surface area contributed by atoms with Crippen LogP contribution in [-0.2, 0) is 12.8 Å². The Bertz CT molecular complexity index is 897. The van der Waals surface area contributed by atoms with Gasteiger partial charge in [-0.05, 0) is 41.2 Å². The van der Waals surface area contributed by atoms with Gasteiger partial charge in [-0.1, -0.05) is 74.2 Å². The smallest absolute Gasteiger partial charge is 0.189 e. The summed E-state index contributed by atoms with van der Waals surface area (Å²) in [4.78, 5) is 5.78. The summed E-state index contributed by atoms with van der Waals surface area (Å²) in [7, 11) is 1.90. The van der Waals surface area contributed by atoms with Crippen molar-refractivity contribution in [3.8, 4) is 0 Å². The average Bonchev–Trinajstić information content (AvgIpc) is 3.11. The zero-order chi connectivity index (χ0) is 18.5. The van der Waals surface area contributed by atoms with Gasteiger partial charge in [-0.2, -0.15) is 0 Å². The average molecular weight is 364 g/mol. The van der Waals surface area contributed by atoms with Crippen LogP contribution in [0.5, 0.6) is 0 Å². The number of benzene rings is 2. The Morgan fingerprint density at radius 1 is 1.08 bits per heavy atom. The molecule has 3 rings (SSSR count). The number of thiazole rings is 1. The van der Waals surface area contributed by atoms with Crippen molar-refractivity contribution in [1.29, 1.82) is 0 Å². The lowest BCUT2D eigenvalue weighted by Gasteiger charge is -2.10. The van der Waals surface area contributed by atoms with E-state index in [4.69, 9.17) is 4.98 Å². The zero-order valence-corrected chi connectivity index (χ0v) is 16.4. The van der Waals surface area contributed by atoms with Gasteiger partial charge in [0.15, 0.2) is 5.13 Å². The molecule has 0 radical (unpaired) electrons. The highest BCUT2D eigenvalue weighted by atomic mass is 32.1. The molecule has 0 saturated carbocycles. The molecule has 0 saturated heterocycles. The van der Waals surface area contributed by atoms with Crippen molar-refractivity contribution in [1.82, 2.24) is 4.98 Å². The fourth-order valence-electron chi connectivity index (χ4n) is 2.91. The second-order valence-electron chi connectivity index (χ2n) is 6.11. The van der Waals surface area contributed by atoms with E-state index in [1.54, 1.807) is 11.3 Å². The predicted molar refractivity (Wildman–Crippen MR) is 115 cm³/mol. The molecule has 0 aliphatic heterocycles. The molecule has 4 heteroatoms. The van der Waals surface area contributed by atoms with E-state index in [1.165, 1.54) is 11.1 Å². The van der Waals surface area contributed by atoms with Crippen LogP contribution < -0.4 is 10.6 Å².